The normalized spacial score (nSPS) is 17.5. The van der Waals surface area contributed by atoms with Gasteiger partial charge in [-0.1, -0.05) is 30.3 Å². The van der Waals surface area contributed by atoms with E-state index < -0.39 is 0 Å². The summed E-state index contributed by atoms with van der Waals surface area (Å²) in [5.41, 5.74) is 3.69. The van der Waals surface area contributed by atoms with Gasteiger partial charge < -0.3 is 5.32 Å². The molecule has 0 aromatic heterocycles. The van der Waals surface area contributed by atoms with Crippen molar-refractivity contribution in [2.75, 3.05) is 5.32 Å². The van der Waals surface area contributed by atoms with E-state index in [0.29, 0.717) is 12.0 Å². The molecule has 0 bridgehead atoms. The summed E-state index contributed by atoms with van der Waals surface area (Å²) in [4.78, 5) is 23.3. The SMILES string of the molecule is CC(=O)c1ccc(NC2=CC(=O)C[C@@H](c3ccccc3)C2)cc1. The van der Waals surface area contributed by atoms with Gasteiger partial charge in [0, 0.05) is 29.4 Å². The molecule has 3 heteroatoms. The maximum absolute atomic E-state index is 12.0. The number of nitrogens with one attached hydrogen (secondary N) is 1. The number of allylic oxidation sites excluding steroid dienone is 2. The lowest BCUT2D eigenvalue weighted by atomic mass is 9.85. The van der Waals surface area contributed by atoms with Crippen LogP contribution in [0, 0.1) is 0 Å². The Morgan fingerprint density at radius 2 is 1.70 bits per heavy atom. The maximum atomic E-state index is 12.0. The average Bonchev–Trinajstić information content (AvgIpc) is 2.55. The van der Waals surface area contributed by atoms with Crippen LogP contribution in [-0.2, 0) is 4.79 Å². The van der Waals surface area contributed by atoms with Gasteiger partial charge in [0.05, 0.1) is 0 Å². The fourth-order valence-electron chi connectivity index (χ4n) is 2.91. The van der Waals surface area contributed by atoms with Crippen molar-refractivity contribution in [3.63, 3.8) is 0 Å². The van der Waals surface area contributed by atoms with Gasteiger partial charge in [0.1, 0.15) is 0 Å². The monoisotopic (exact) mass is 305 g/mol. The maximum Gasteiger partial charge on any atom is 0.159 e. The number of benzene rings is 2. The summed E-state index contributed by atoms with van der Waals surface area (Å²) in [5, 5.41) is 3.31. The predicted octanol–water partition coefficient (Wildman–Crippen LogP) is 4.33. The van der Waals surface area contributed by atoms with E-state index in [1.54, 1.807) is 25.1 Å². The standard InChI is InChI=1S/C20H19NO2/c1-14(22)15-7-9-18(10-8-15)21-19-11-17(12-20(23)13-19)16-5-3-2-4-6-16/h2-10,13,17,21H,11-12H2,1H3/t17-/m0/s1. The van der Waals surface area contributed by atoms with Gasteiger partial charge in [-0.2, -0.15) is 0 Å². The van der Waals surface area contributed by atoms with Gasteiger partial charge in [-0.3, -0.25) is 9.59 Å². The zero-order valence-corrected chi connectivity index (χ0v) is 13.1. The van der Waals surface area contributed by atoms with Crippen molar-refractivity contribution in [1.29, 1.82) is 0 Å². The van der Waals surface area contributed by atoms with Crippen molar-refractivity contribution in [3.8, 4) is 0 Å². The number of rotatable bonds is 4. The summed E-state index contributed by atoms with van der Waals surface area (Å²) >= 11 is 0. The molecule has 1 N–H and O–H groups in total. The summed E-state index contributed by atoms with van der Waals surface area (Å²) in [5.74, 6) is 0.411. The first-order valence-electron chi connectivity index (χ1n) is 7.78. The van der Waals surface area contributed by atoms with Gasteiger partial charge in [0.2, 0.25) is 0 Å². The molecule has 3 nitrogen and oxygen atoms in total. The number of carbonyl (C=O) groups excluding carboxylic acids is 2. The first kappa shape index (κ1) is 15.2. The highest BCUT2D eigenvalue weighted by molar-refractivity contribution is 5.94. The van der Waals surface area contributed by atoms with Gasteiger partial charge >= 0.3 is 0 Å². The van der Waals surface area contributed by atoms with E-state index in [4.69, 9.17) is 0 Å². The highest BCUT2D eigenvalue weighted by atomic mass is 16.1. The summed E-state index contributed by atoms with van der Waals surface area (Å²) in [6.45, 7) is 1.55. The molecule has 0 unspecified atom stereocenters. The third kappa shape index (κ3) is 3.75. The summed E-state index contributed by atoms with van der Waals surface area (Å²) in [7, 11) is 0. The molecule has 2 aromatic rings. The number of ketones is 2. The van der Waals surface area contributed by atoms with Crippen LogP contribution in [0.15, 0.2) is 66.4 Å². The van der Waals surface area contributed by atoms with E-state index in [1.807, 2.05) is 30.3 Å². The van der Waals surface area contributed by atoms with E-state index in [9.17, 15) is 9.59 Å². The van der Waals surface area contributed by atoms with Gasteiger partial charge in [0.25, 0.3) is 0 Å². The fourth-order valence-corrected chi connectivity index (χ4v) is 2.91. The molecule has 0 aliphatic heterocycles. The minimum atomic E-state index is 0.0488. The molecule has 1 atom stereocenters. The molecule has 1 aliphatic rings. The fraction of sp³-hybridized carbons (Fsp3) is 0.200. The third-order valence-electron chi connectivity index (χ3n) is 4.12. The van der Waals surface area contributed by atoms with E-state index in [-0.39, 0.29) is 17.5 Å². The van der Waals surface area contributed by atoms with Crippen LogP contribution in [0.1, 0.15) is 41.6 Å². The first-order valence-corrected chi connectivity index (χ1v) is 7.78. The Hall–Kier alpha value is -2.68. The Morgan fingerprint density at radius 3 is 2.35 bits per heavy atom. The summed E-state index contributed by atoms with van der Waals surface area (Å²) in [6.07, 6.45) is 3.06. The second kappa shape index (κ2) is 6.61. The van der Waals surface area contributed by atoms with Crippen LogP contribution in [0.2, 0.25) is 0 Å². The third-order valence-corrected chi connectivity index (χ3v) is 4.12. The number of hydrogen-bond donors (Lipinski definition) is 1. The van der Waals surface area contributed by atoms with Crippen molar-refractivity contribution in [2.45, 2.75) is 25.7 Å². The molecule has 2 aromatic carbocycles. The van der Waals surface area contributed by atoms with E-state index in [0.717, 1.165) is 17.8 Å². The van der Waals surface area contributed by atoms with Crippen LogP contribution in [0.5, 0.6) is 0 Å². The predicted molar refractivity (Wildman–Crippen MR) is 91.6 cm³/mol. The van der Waals surface area contributed by atoms with Gasteiger partial charge in [-0.05, 0) is 49.1 Å². The second-order valence-electron chi connectivity index (χ2n) is 5.91. The molecule has 0 radical (unpaired) electrons. The second-order valence-corrected chi connectivity index (χ2v) is 5.91. The zero-order valence-electron chi connectivity index (χ0n) is 13.1. The number of anilines is 1. The lowest BCUT2D eigenvalue weighted by molar-refractivity contribution is -0.115. The Bertz CT molecular complexity index is 745. The zero-order chi connectivity index (χ0) is 16.2. The number of hydrogen-bond acceptors (Lipinski definition) is 3. The molecular formula is C20H19NO2. The molecule has 0 amide bonds. The Morgan fingerprint density at radius 1 is 1.00 bits per heavy atom. The van der Waals surface area contributed by atoms with E-state index >= 15 is 0 Å². The largest absolute Gasteiger partial charge is 0.359 e. The van der Waals surface area contributed by atoms with E-state index in [2.05, 4.69) is 17.4 Å². The van der Waals surface area contributed by atoms with Crippen molar-refractivity contribution in [3.05, 3.63) is 77.5 Å². The minimum Gasteiger partial charge on any atom is -0.359 e. The van der Waals surface area contributed by atoms with Crippen LogP contribution >= 0.6 is 0 Å². The molecule has 0 fully saturated rings. The van der Waals surface area contributed by atoms with Crippen LogP contribution in [0.3, 0.4) is 0 Å². The molecule has 116 valence electrons. The average molecular weight is 305 g/mol. The van der Waals surface area contributed by atoms with Crippen molar-refractivity contribution >= 4 is 17.3 Å². The van der Waals surface area contributed by atoms with Gasteiger partial charge in [-0.15, -0.1) is 0 Å². The molecule has 0 saturated carbocycles. The van der Waals surface area contributed by atoms with Gasteiger partial charge in [-0.25, -0.2) is 0 Å². The molecule has 0 heterocycles. The topological polar surface area (TPSA) is 46.2 Å². The summed E-state index contributed by atoms with van der Waals surface area (Å²) < 4.78 is 0. The molecule has 3 rings (SSSR count). The van der Waals surface area contributed by atoms with Crippen LogP contribution in [-0.4, -0.2) is 11.6 Å². The lowest BCUT2D eigenvalue weighted by Crippen LogP contribution is -2.16. The van der Waals surface area contributed by atoms with E-state index in [1.165, 1.54) is 5.56 Å². The van der Waals surface area contributed by atoms with Crippen LogP contribution < -0.4 is 5.32 Å². The smallest absolute Gasteiger partial charge is 0.159 e. The van der Waals surface area contributed by atoms with Crippen molar-refractivity contribution < 1.29 is 9.59 Å². The summed E-state index contributed by atoms with van der Waals surface area (Å²) in [6, 6.07) is 17.5. The molecule has 0 spiro atoms. The van der Waals surface area contributed by atoms with Gasteiger partial charge in [0.15, 0.2) is 11.6 Å². The molecule has 1 aliphatic carbocycles. The van der Waals surface area contributed by atoms with Crippen molar-refractivity contribution in [2.24, 2.45) is 0 Å². The quantitative estimate of drug-likeness (QED) is 0.855. The highest BCUT2D eigenvalue weighted by Crippen LogP contribution is 2.31. The number of Topliss-reactive ketones (excluding diaryl/α,β-unsaturated/α-hetero) is 1. The lowest BCUT2D eigenvalue weighted by Gasteiger charge is -2.23. The minimum absolute atomic E-state index is 0.0488. The van der Waals surface area contributed by atoms with Crippen LogP contribution in [0.4, 0.5) is 5.69 Å². The highest BCUT2D eigenvalue weighted by Gasteiger charge is 2.22. The Kier molecular flexibility index (Phi) is 4.38. The van der Waals surface area contributed by atoms with Crippen molar-refractivity contribution in [1.82, 2.24) is 0 Å². The molecule has 23 heavy (non-hydrogen) atoms. The molecule has 0 saturated heterocycles. The Labute approximate surface area is 136 Å². The first-order chi connectivity index (χ1) is 11.1. The molecular weight excluding hydrogens is 286 g/mol. The van der Waals surface area contributed by atoms with Crippen LogP contribution in [0.25, 0.3) is 0 Å². The number of carbonyl (C=O) groups is 2. The Balaban J connectivity index is 1.74.